The van der Waals surface area contributed by atoms with Crippen LogP contribution in [0.5, 0.6) is 0 Å². The van der Waals surface area contributed by atoms with Crippen molar-refractivity contribution in [3.8, 4) is 0 Å². The van der Waals surface area contributed by atoms with E-state index in [1.807, 2.05) is 30.2 Å². The molecule has 2 heterocycles. The van der Waals surface area contributed by atoms with Crippen molar-refractivity contribution in [2.24, 2.45) is 0 Å². The molecule has 16 heavy (non-hydrogen) atoms. The normalized spacial score (nSPS) is 25.8. The van der Waals surface area contributed by atoms with E-state index in [2.05, 4.69) is 15.9 Å². The molecule has 1 fully saturated rings. The van der Waals surface area contributed by atoms with E-state index in [1.54, 1.807) is 0 Å². The highest BCUT2D eigenvalue weighted by Crippen LogP contribution is 2.23. The summed E-state index contributed by atoms with van der Waals surface area (Å²) in [5.74, 6) is 0.101. The first-order valence-corrected chi connectivity index (χ1v) is 6.92. The Morgan fingerprint density at radius 1 is 1.62 bits per heavy atom. The molecule has 0 aromatic carbocycles. The second kappa shape index (κ2) is 4.85. The molecule has 1 aromatic heterocycles. The molecule has 0 radical (unpaired) electrons. The van der Waals surface area contributed by atoms with Crippen LogP contribution in [0, 0.1) is 0 Å². The Bertz CT molecular complexity index is 393. The van der Waals surface area contributed by atoms with E-state index in [9.17, 15) is 4.79 Å². The number of carbonyl (C=O) groups is 1. The van der Waals surface area contributed by atoms with Crippen molar-refractivity contribution in [3.05, 3.63) is 20.8 Å². The summed E-state index contributed by atoms with van der Waals surface area (Å²) >= 11 is 4.91. The van der Waals surface area contributed by atoms with Crippen molar-refractivity contribution in [2.45, 2.75) is 26.0 Å². The Morgan fingerprint density at radius 3 is 3.00 bits per heavy atom. The lowest BCUT2D eigenvalue weighted by Gasteiger charge is -2.36. The van der Waals surface area contributed by atoms with Gasteiger partial charge in [0.1, 0.15) is 0 Å². The first-order chi connectivity index (χ1) is 7.58. The fourth-order valence-electron chi connectivity index (χ4n) is 1.77. The van der Waals surface area contributed by atoms with Crippen LogP contribution in [0.25, 0.3) is 0 Å². The van der Waals surface area contributed by atoms with Gasteiger partial charge in [-0.15, -0.1) is 11.3 Å². The standard InChI is InChI=1S/C11H14BrNO2S/c1-7-5-15-8(2)4-13(7)11(14)9-3-10(12)16-6-9/h3,6-8H,4-5H2,1-2H3. The highest BCUT2D eigenvalue weighted by atomic mass is 79.9. The molecule has 3 nitrogen and oxygen atoms in total. The minimum absolute atomic E-state index is 0.101. The molecule has 0 N–H and O–H groups in total. The summed E-state index contributed by atoms with van der Waals surface area (Å²) in [7, 11) is 0. The number of nitrogens with zero attached hydrogens (tertiary/aromatic N) is 1. The Balaban J connectivity index is 2.14. The molecular formula is C11H14BrNO2S. The minimum atomic E-state index is 0.101. The van der Waals surface area contributed by atoms with Crippen LogP contribution in [0.3, 0.4) is 0 Å². The molecule has 2 unspecified atom stereocenters. The van der Waals surface area contributed by atoms with Crippen LogP contribution >= 0.6 is 27.3 Å². The molecule has 0 aliphatic carbocycles. The Morgan fingerprint density at radius 2 is 2.38 bits per heavy atom. The fraction of sp³-hybridized carbons (Fsp3) is 0.545. The molecule has 2 atom stereocenters. The Labute approximate surface area is 108 Å². The zero-order valence-electron chi connectivity index (χ0n) is 9.27. The second-order valence-corrected chi connectivity index (χ2v) is 6.38. The van der Waals surface area contributed by atoms with Crippen molar-refractivity contribution in [2.75, 3.05) is 13.2 Å². The molecule has 1 saturated heterocycles. The predicted octanol–water partition coefficient (Wildman–Crippen LogP) is 2.76. The van der Waals surface area contributed by atoms with Gasteiger partial charge in [0.2, 0.25) is 0 Å². The third-order valence-corrected chi connectivity index (χ3v) is 4.19. The fourth-order valence-corrected chi connectivity index (χ4v) is 2.90. The van der Waals surface area contributed by atoms with Crippen molar-refractivity contribution in [1.29, 1.82) is 0 Å². The van der Waals surface area contributed by atoms with Crippen LogP contribution in [0.2, 0.25) is 0 Å². The van der Waals surface area contributed by atoms with Crippen molar-refractivity contribution < 1.29 is 9.53 Å². The average Bonchev–Trinajstić information content (AvgIpc) is 2.67. The molecular weight excluding hydrogens is 290 g/mol. The summed E-state index contributed by atoms with van der Waals surface area (Å²) in [6.45, 7) is 5.31. The topological polar surface area (TPSA) is 29.5 Å². The van der Waals surface area contributed by atoms with Crippen LogP contribution in [0.15, 0.2) is 15.2 Å². The summed E-state index contributed by atoms with van der Waals surface area (Å²) in [5, 5.41) is 1.89. The SMILES string of the molecule is CC1CN(C(=O)c2csc(Br)c2)C(C)CO1. The quantitative estimate of drug-likeness (QED) is 0.798. The lowest BCUT2D eigenvalue weighted by molar-refractivity contribution is -0.0386. The average molecular weight is 304 g/mol. The van der Waals surface area contributed by atoms with Gasteiger partial charge >= 0.3 is 0 Å². The summed E-state index contributed by atoms with van der Waals surface area (Å²) in [4.78, 5) is 14.1. The van der Waals surface area contributed by atoms with Gasteiger partial charge in [0.25, 0.3) is 5.91 Å². The maximum atomic E-state index is 12.2. The number of morpholine rings is 1. The Kier molecular flexibility index (Phi) is 3.66. The maximum Gasteiger partial charge on any atom is 0.255 e. The molecule has 1 aliphatic heterocycles. The lowest BCUT2D eigenvalue weighted by Crippen LogP contribution is -2.50. The van der Waals surface area contributed by atoms with Gasteiger partial charge in [-0.2, -0.15) is 0 Å². The second-order valence-electron chi connectivity index (χ2n) is 4.09. The third kappa shape index (κ3) is 2.47. The first kappa shape index (κ1) is 12.1. The molecule has 88 valence electrons. The van der Waals surface area contributed by atoms with Gasteiger partial charge in [-0.1, -0.05) is 0 Å². The van der Waals surface area contributed by atoms with E-state index in [4.69, 9.17) is 4.74 Å². The van der Waals surface area contributed by atoms with Crippen molar-refractivity contribution >= 4 is 33.2 Å². The lowest BCUT2D eigenvalue weighted by atomic mass is 10.1. The molecule has 2 rings (SSSR count). The summed E-state index contributed by atoms with van der Waals surface area (Å²) in [5.41, 5.74) is 0.762. The number of hydrogen-bond acceptors (Lipinski definition) is 3. The highest BCUT2D eigenvalue weighted by Gasteiger charge is 2.28. The molecule has 1 amide bonds. The minimum Gasteiger partial charge on any atom is -0.375 e. The summed E-state index contributed by atoms with van der Waals surface area (Å²) in [6, 6.07) is 2.03. The monoisotopic (exact) mass is 303 g/mol. The Hall–Kier alpha value is -0.390. The zero-order valence-corrected chi connectivity index (χ0v) is 11.7. The van der Waals surface area contributed by atoms with Gasteiger partial charge in [0.15, 0.2) is 0 Å². The van der Waals surface area contributed by atoms with Gasteiger partial charge < -0.3 is 9.64 Å². The molecule has 5 heteroatoms. The van der Waals surface area contributed by atoms with E-state index in [1.165, 1.54) is 11.3 Å². The number of ether oxygens (including phenoxy) is 1. The van der Waals surface area contributed by atoms with Crippen LogP contribution in [-0.4, -0.2) is 36.1 Å². The molecule has 1 aromatic rings. The van der Waals surface area contributed by atoms with Crippen LogP contribution in [0.4, 0.5) is 0 Å². The van der Waals surface area contributed by atoms with E-state index < -0.39 is 0 Å². The van der Waals surface area contributed by atoms with Crippen LogP contribution in [-0.2, 0) is 4.74 Å². The molecule has 1 aliphatic rings. The summed E-state index contributed by atoms with van der Waals surface area (Å²) in [6.07, 6.45) is 0.127. The van der Waals surface area contributed by atoms with Gasteiger partial charge in [0.05, 0.1) is 28.1 Å². The van der Waals surface area contributed by atoms with Crippen LogP contribution in [0.1, 0.15) is 24.2 Å². The van der Waals surface area contributed by atoms with E-state index in [0.29, 0.717) is 13.2 Å². The largest absolute Gasteiger partial charge is 0.375 e. The van der Waals surface area contributed by atoms with Gasteiger partial charge in [-0.25, -0.2) is 0 Å². The third-order valence-electron chi connectivity index (χ3n) is 2.68. The van der Waals surface area contributed by atoms with Crippen molar-refractivity contribution in [1.82, 2.24) is 4.90 Å². The highest BCUT2D eigenvalue weighted by molar-refractivity contribution is 9.11. The van der Waals surface area contributed by atoms with Gasteiger partial charge in [-0.05, 0) is 35.8 Å². The molecule has 0 bridgehead atoms. The number of hydrogen-bond donors (Lipinski definition) is 0. The van der Waals surface area contributed by atoms with E-state index in [0.717, 1.165) is 9.35 Å². The number of rotatable bonds is 1. The summed E-state index contributed by atoms with van der Waals surface area (Å²) < 4.78 is 6.50. The number of halogens is 1. The van der Waals surface area contributed by atoms with Gasteiger partial charge in [0, 0.05) is 11.9 Å². The molecule has 0 saturated carbocycles. The van der Waals surface area contributed by atoms with Gasteiger partial charge in [-0.3, -0.25) is 4.79 Å². The maximum absolute atomic E-state index is 12.2. The van der Waals surface area contributed by atoms with E-state index in [-0.39, 0.29) is 18.1 Å². The van der Waals surface area contributed by atoms with Crippen LogP contribution < -0.4 is 0 Å². The smallest absolute Gasteiger partial charge is 0.255 e. The number of thiophene rings is 1. The van der Waals surface area contributed by atoms with Crippen molar-refractivity contribution in [3.63, 3.8) is 0 Å². The first-order valence-electron chi connectivity index (χ1n) is 5.24. The number of amides is 1. The predicted molar refractivity (Wildman–Crippen MR) is 67.9 cm³/mol. The molecule has 0 spiro atoms. The van der Waals surface area contributed by atoms with E-state index >= 15 is 0 Å². The zero-order chi connectivity index (χ0) is 11.7. The number of carbonyl (C=O) groups excluding carboxylic acids is 1.